The molecule has 0 saturated carbocycles. The molecule has 0 saturated heterocycles. The van der Waals surface area contributed by atoms with Crippen molar-refractivity contribution >= 4 is 21.4 Å². The molecule has 2 N–H and O–H groups in total. The number of nitrogens with zero attached hydrogens (tertiary/aromatic N) is 5. The van der Waals surface area contributed by atoms with Gasteiger partial charge >= 0.3 is 0 Å². The highest BCUT2D eigenvalue weighted by molar-refractivity contribution is 7.89. The zero-order valence-corrected chi connectivity index (χ0v) is 23.9. The molecule has 0 fully saturated rings. The second kappa shape index (κ2) is 15.5. The Morgan fingerprint density at radius 3 is 2.41 bits per heavy atom. The fourth-order valence-electron chi connectivity index (χ4n) is 4.13. The summed E-state index contributed by atoms with van der Waals surface area (Å²) >= 11 is 0. The molecule has 0 aliphatic rings. The van der Waals surface area contributed by atoms with Crippen molar-refractivity contribution in [3.05, 3.63) is 45.7 Å². The summed E-state index contributed by atoms with van der Waals surface area (Å²) in [6, 6.07) is 7.79. The van der Waals surface area contributed by atoms with Crippen LogP contribution in [0.15, 0.2) is 44.2 Å². The number of ether oxygens (including phenoxy) is 1. The molecule has 0 spiro atoms. The topological polar surface area (TPSA) is 158 Å². The number of sulfonamides is 1. The minimum atomic E-state index is -3.69. The van der Waals surface area contributed by atoms with E-state index in [1.807, 2.05) is 13.0 Å². The second-order valence-electron chi connectivity index (χ2n) is 9.14. The average molecular weight is 562 g/mol. The Kier molecular flexibility index (Phi) is 12.7. The Morgan fingerprint density at radius 1 is 1.15 bits per heavy atom. The minimum absolute atomic E-state index is 0.0286. The quantitative estimate of drug-likeness (QED) is 0.227. The number of aromatic hydroxyl groups is 1. The van der Waals surface area contributed by atoms with Crippen molar-refractivity contribution in [3.8, 4) is 11.9 Å². The molecular weight excluding hydrogens is 522 g/mol. The summed E-state index contributed by atoms with van der Waals surface area (Å²) in [7, 11) is -3.69. The van der Waals surface area contributed by atoms with E-state index in [2.05, 4.69) is 24.1 Å². The summed E-state index contributed by atoms with van der Waals surface area (Å²) in [5.74, 6) is -0.175. The third-order valence-corrected chi connectivity index (χ3v) is 8.52. The molecule has 0 aliphatic heterocycles. The Morgan fingerprint density at radius 2 is 1.85 bits per heavy atom. The number of unbranched alkanes of at least 4 members (excludes halogenated alkanes) is 1. The van der Waals surface area contributed by atoms with Gasteiger partial charge in [-0.3, -0.25) is 9.36 Å². The summed E-state index contributed by atoms with van der Waals surface area (Å²) < 4.78 is 34.2. The van der Waals surface area contributed by atoms with Crippen molar-refractivity contribution in [2.45, 2.75) is 64.8 Å². The molecule has 0 amide bonds. The fourth-order valence-corrected chi connectivity index (χ4v) is 5.66. The zero-order chi connectivity index (χ0) is 29.0. The van der Waals surface area contributed by atoms with Crippen LogP contribution < -0.4 is 5.56 Å². The largest absolute Gasteiger partial charge is 0.493 e. The molecule has 2 rings (SSSR count). The number of aromatic nitrogens is 1. The van der Waals surface area contributed by atoms with Crippen LogP contribution in [0.3, 0.4) is 0 Å². The summed E-state index contributed by atoms with van der Waals surface area (Å²) in [5, 5.41) is 37.2. The fraction of sp³-hybridized carbons (Fsp3) is 0.556. The van der Waals surface area contributed by atoms with Crippen molar-refractivity contribution in [3.63, 3.8) is 0 Å². The first-order valence-corrected chi connectivity index (χ1v) is 14.7. The molecule has 1 heterocycles. The molecule has 12 heteroatoms. The second-order valence-corrected chi connectivity index (χ2v) is 11.1. The number of rotatable bonds is 16. The maximum absolute atomic E-state index is 13.3. The van der Waals surface area contributed by atoms with E-state index >= 15 is 0 Å². The summed E-state index contributed by atoms with van der Waals surface area (Å²) in [6.07, 6.45) is 4.03. The molecule has 2 aromatic rings. The molecule has 1 atom stereocenters. The highest BCUT2D eigenvalue weighted by Crippen LogP contribution is 2.32. The highest BCUT2D eigenvalue weighted by atomic mass is 32.2. The van der Waals surface area contributed by atoms with E-state index in [1.165, 1.54) is 35.5 Å². The van der Waals surface area contributed by atoms with Crippen LogP contribution in [0.5, 0.6) is 5.88 Å². The Labute approximate surface area is 230 Å². The van der Waals surface area contributed by atoms with Crippen LogP contribution >= 0.6 is 0 Å². The summed E-state index contributed by atoms with van der Waals surface area (Å²) in [6.45, 7) is 8.21. The monoisotopic (exact) mass is 561 g/mol. The van der Waals surface area contributed by atoms with Crippen LogP contribution in [0.4, 0.5) is 11.4 Å². The first-order valence-electron chi connectivity index (χ1n) is 13.2. The van der Waals surface area contributed by atoms with Crippen LogP contribution in [0.25, 0.3) is 0 Å². The SMILES string of the molecule is CCCCC(CC)CN(CC)S(=O)(=O)c1ccc(N=Nc2c(C)c(C#N)c(=O)n(CCOCCO)c2O)cc1. The van der Waals surface area contributed by atoms with Crippen LogP contribution in [0.2, 0.25) is 0 Å². The van der Waals surface area contributed by atoms with E-state index in [0.29, 0.717) is 24.7 Å². The predicted octanol–water partition coefficient (Wildman–Crippen LogP) is 4.39. The molecule has 0 bridgehead atoms. The minimum Gasteiger partial charge on any atom is -0.493 e. The van der Waals surface area contributed by atoms with E-state index in [4.69, 9.17) is 9.84 Å². The van der Waals surface area contributed by atoms with Crippen LogP contribution in [-0.4, -0.2) is 60.4 Å². The number of nitriles is 1. The lowest BCUT2D eigenvalue weighted by atomic mass is 9.99. The maximum atomic E-state index is 13.3. The molecular formula is C27H39N5O6S. The van der Waals surface area contributed by atoms with Gasteiger partial charge in [-0.15, -0.1) is 5.11 Å². The Balaban J connectivity index is 2.31. The lowest BCUT2D eigenvalue weighted by Crippen LogP contribution is -2.35. The Hall–Kier alpha value is -3.11. The van der Waals surface area contributed by atoms with Gasteiger partial charge in [-0.2, -0.15) is 14.7 Å². The first-order chi connectivity index (χ1) is 18.7. The third-order valence-electron chi connectivity index (χ3n) is 6.56. The third kappa shape index (κ3) is 8.19. The van der Waals surface area contributed by atoms with Crippen molar-refractivity contribution < 1.29 is 23.4 Å². The van der Waals surface area contributed by atoms with Gasteiger partial charge in [-0.25, -0.2) is 8.42 Å². The standard InChI is InChI=1S/C27H39N5O6S/c1-5-8-9-21(6-2)19-31(7-3)39(36,37)23-12-10-22(11-13-23)29-30-25-20(4)24(18-28)26(34)32(27(25)35)14-16-38-17-15-33/h10-13,21,33,35H,5-9,14-17,19H2,1-4H3. The molecule has 1 unspecified atom stereocenters. The number of aliphatic hydroxyl groups is 1. The van der Waals surface area contributed by atoms with Gasteiger partial charge in [0.15, 0.2) is 5.69 Å². The molecule has 1 aromatic heterocycles. The highest BCUT2D eigenvalue weighted by Gasteiger charge is 2.25. The van der Waals surface area contributed by atoms with Gasteiger partial charge in [-0.05, 0) is 43.5 Å². The number of azo groups is 1. The normalized spacial score (nSPS) is 12.7. The molecule has 0 aliphatic carbocycles. The van der Waals surface area contributed by atoms with E-state index < -0.39 is 21.5 Å². The lowest BCUT2D eigenvalue weighted by molar-refractivity contribution is 0.0854. The number of hydrogen-bond acceptors (Lipinski definition) is 9. The number of hydrogen-bond donors (Lipinski definition) is 2. The number of pyridine rings is 1. The van der Waals surface area contributed by atoms with Crippen molar-refractivity contribution in [1.29, 1.82) is 5.26 Å². The van der Waals surface area contributed by atoms with Gasteiger partial charge in [0, 0.05) is 18.7 Å². The van der Waals surface area contributed by atoms with Crippen LogP contribution in [-0.2, 0) is 21.3 Å². The lowest BCUT2D eigenvalue weighted by Gasteiger charge is -2.25. The number of benzene rings is 1. The van der Waals surface area contributed by atoms with Gasteiger partial charge in [0.25, 0.3) is 5.56 Å². The van der Waals surface area contributed by atoms with E-state index in [9.17, 15) is 23.6 Å². The van der Waals surface area contributed by atoms with Gasteiger partial charge in [-0.1, -0.05) is 40.0 Å². The molecule has 39 heavy (non-hydrogen) atoms. The van der Waals surface area contributed by atoms with Crippen LogP contribution in [0.1, 0.15) is 57.6 Å². The van der Waals surface area contributed by atoms with E-state index in [0.717, 1.165) is 30.3 Å². The first kappa shape index (κ1) is 32.1. The predicted molar refractivity (Wildman–Crippen MR) is 148 cm³/mol. The van der Waals surface area contributed by atoms with E-state index in [-0.39, 0.29) is 48.1 Å². The van der Waals surface area contributed by atoms with Crippen molar-refractivity contribution in [2.24, 2.45) is 16.1 Å². The van der Waals surface area contributed by atoms with Gasteiger partial charge in [0.2, 0.25) is 15.9 Å². The zero-order valence-electron chi connectivity index (χ0n) is 23.1. The van der Waals surface area contributed by atoms with Gasteiger partial charge in [0.05, 0.1) is 36.9 Å². The van der Waals surface area contributed by atoms with Crippen LogP contribution in [0, 0.1) is 24.2 Å². The smallest absolute Gasteiger partial charge is 0.271 e. The van der Waals surface area contributed by atoms with E-state index in [1.54, 1.807) is 0 Å². The Bertz CT molecular complexity index is 1320. The maximum Gasteiger partial charge on any atom is 0.271 e. The van der Waals surface area contributed by atoms with Gasteiger partial charge < -0.3 is 14.9 Å². The molecule has 1 aromatic carbocycles. The van der Waals surface area contributed by atoms with Crippen molar-refractivity contribution in [1.82, 2.24) is 8.87 Å². The molecule has 0 radical (unpaired) electrons. The van der Waals surface area contributed by atoms with Crippen molar-refractivity contribution in [2.75, 3.05) is 32.9 Å². The van der Waals surface area contributed by atoms with Gasteiger partial charge in [0.1, 0.15) is 11.6 Å². The average Bonchev–Trinajstić information content (AvgIpc) is 2.93. The number of aliphatic hydroxyl groups excluding tert-OH is 1. The molecule has 11 nitrogen and oxygen atoms in total. The summed E-state index contributed by atoms with van der Waals surface area (Å²) in [5.41, 5.74) is -0.432. The summed E-state index contributed by atoms with van der Waals surface area (Å²) in [4.78, 5) is 12.8. The molecule has 214 valence electrons.